The predicted molar refractivity (Wildman–Crippen MR) is 81.7 cm³/mol. The van der Waals surface area contributed by atoms with Crippen molar-refractivity contribution in [1.82, 2.24) is 9.97 Å². The summed E-state index contributed by atoms with van der Waals surface area (Å²) in [5.41, 5.74) is 2.23. The number of aryl methyl sites for hydroxylation is 1. The van der Waals surface area contributed by atoms with Crippen LogP contribution in [0, 0.1) is 12.7 Å². The molecule has 0 fully saturated rings. The minimum atomic E-state index is -0.214. The second kappa shape index (κ2) is 7.13. The number of nitrogens with zero attached hydrogens (tertiary/aromatic N) is 2. The van der Waals surface area contributed by atoms with Gasteiger partial charge in [0.05, 0.1) is 5.69 Å². The van der Waals surface area contributed by atoms with Gasteiger partial charge in [-0.1, -0.05) is 6.92 Å². The van der Waals surface area contributed by atoms with Crippen LogP contribution in [-0.4, -0.2) is 23.6 Å². The summed E-state index contributed by atoms with van der Waals surface area (Å²) in [6.45, 7) is 5.01. The minimum absolute atomic E-state index is 0.214. The van der Waals surface area contributed by atoms with Crippen molar-refractivity contribution < 1.29 is 9.13 Å². The second-order valence-corrected chi connectivity index (χ2v) is 4.88. The largest absolute Gasteiger partial charge is 0.377 e. The summed E-state index contributed by atoms with van der Waals surface area (Å²) >= 11 is 0. The fourth-order valence-corrected chi connectivity index (χ4v) is 1.99. The van der Waals surface area contributed by atoms with E-state index in [-0.39, 0.29) is 5.82 Å². The van der Waals surface area contributed by atoms with Gasteiger partial charge in [-0.25, -0.2) is 14.4 Å². The molecular formula is C16H20FN3O. The molecule has 0 bridgehead atoms. The van der Waals surface area contributed by atoms with Gasteiger partial charge in [0.25, 0.3) is 0 Å². The number of halogens is 1. The lowest BCUT2D eigenvalue weighted by molar-refractivity contribution is 0.178. The van der Waals surface area contributed by atoms with E-state index in [1.54, 1.807) is 26.2 Å². The summed E-state index contributed by atoms with van der Waals surface area (Å²) in [6, 6.07) is 6.85. The van der Waals surface area contributed by atoms with Gasteiger partial charge in [0.15, 0.2) is 5.82 Å². The molecule has 5 heteroatoms. The zero-order valence-corrected chi connectivity index (χ0v) is 12.6. The molecular weight excluding hydrogens is 269 g/mol. The van der Waals surface area contributed by atoms with Crippen molar-refractivity contribution >= 4 is 5.82 Å². The predicted octanol–water partition coefficient (Wildman–Crippen LogP) is 3.56. The van der Waals surface area contributed by atoms with Crippen LogP contribution in [0.15, 0.2) is 24.3 Å². The number of ether oxygens (including phenoxy) is 1. The van der Waals surface area contributed by atoms with E-state index in [0.717, 1.165) is 30.0 Å². The average molecular weight is 289 g/mol. The van der Waals surface area contributed by atoms with Gasteiger partial charge in [-0.2, -0.15) is 0 Å². The Kier molecular flexibility index (Phi) is 5.22. The molecule has 0 aliphatic heterocycles. The topological polar surface area (TPSA) is 47.0 Å². The van der Waals surface area contributed by atoms with Crippen molar-refractivity contribution in [3.63, 3.8) is 0 Å². The van der Waals surface area contributed by atoms with Crippen LogP contribution in [0.4, 0.5) is 10.2 Å². The van der Waals surface area contributed by atoms with E-state index in [2.05, 4.69) is 22.2 Å². The first-order chi connectivity index (χ1) is 10.1. The number of benzene rings is 1. The van der Waals surface area contributed by atoms with E-state index in [1.807, 2.05) is 6.07 Å². The molecule has 0 aliphatic carbocycles. The van der Waals surface area contributed by atoms with Crippen LogP contribution in [0.25, 0.3) is 11.3 Å². The summed E-state index contributed by atoms with van der Waals surface area (Å²) in [7, 11) is 1.61. The van der Waals surface area contributed by atoms with E-state index in [9.17, 15) is 4.39 Å². The Morgan fingerprint density at radius 3 is 2.71 bits per heavy atom. The summed E-state index contributed by atoms with van der Waals surface area (Å²) < 4.78 is 18.5. The zero-order valence-electron chi connectivity index (χ0n) is 12.6. The molecule has 0 atom stereocenters. The van der Waals surface area contributed by atoms with Gasteiger partial charge in [0, 0.05) is 25.3 Å². The summed E-state index contributed by atoms with van der Waals surface area (Å²) in [5, 5.41) is 3.25. The van der Waals surface area contributed by atoms with Gasteiger partial charge < -0.3 is 10.1 Å². The quantitative estimate of drug-likeness (QED) is 0.883. The normalized spacial score (nSPS) is 10.7. The molecule has 0 aliphatic rings. The number of rotatable bonds is 6. The number of hydrogen-bond donors (Lipinski definition) is 1. The maximum absolute atomic E-state index is 13.4. The first-order valence-electron chi connectivity index (χ1n) is 7.01. The lowest BCUT2D eigenvalue weighted by Crippen LogP contribution is -2.06. The molecule has 21 heavy (non-hydrogen) atoms. The van der Waals surface area contributed by atoms with E-state index >= 15 is 0 Å². The number of anilines is 1. The monoisotopic (exact) mass is 289 g/mol. The van der Waals surface area contributed by atoms with Crippen LogP contribution >= 0.6 is 0 Å². The Bertz CT molecular complexity index is 616. The van der Waals surface area contributed by atoms with Crippen molar-refractivity contribution in [2.75, 3.05) is 19.0 Å². The van der Waals surface area contributed by atoms with E-state index in [4.69, 9.17) is 4.74 Å². The van der Waals surface area contributed by atoms with Crippen LogP contribution in [0.2, 0.25) is 0 Å². The molecule has 0 saturated heterocycles. The van der Waals surface area contributed by atoms with Gasteiger partial charge in [-0.15, -0.1) is 0 Å². The average Bonchev–Trinajstić information content (AvgIpc) is 2.48. The third kappa shape index (κ3) is 3.98. The molecule has 0 saturated carbocycles. The van der Waals surface area contributed by atoms with Gasteiger partial charge in [0.2, 0.25) is 0 Å². The van der Waals surface area contributed by atoms with Crippen LogP contribution in [0.5, 0.6) is 0 Å². The second-order valence-electron chi connectivity index (χ2n) is 4.88. The number of aromatic nitrogens is 2. The molecule has 1 heterocycles. The Labute approximate surface area is 124 Å². The summed E-state index contributed by atoms with van der Waals surface area (Å²) in [5.74, 6) is 1.15. The highest BCUT2D eigenvalue weighted by atomic mass is 19.1. The number of nitrogens with one attached hydrogen (secondary N) is 1. The molecule has 112 valence electrons. The maximum Gasteiger partial charge on any atom is 0.157 e. The molecule has 1 N–H and O–H groups in total. The molecule has 2 rings (SSSR count). The van der Waals surface area contributed by atoms with Gasteiger partial charge in [-0.3, -0.25) is 0 Å². The molecule has 2 aromatic rings. The Morgan fingerprint density at radius 1 is 1.24 bits per heavy atom. The van der Waals surface area contributed by atoms with Crippen LogP contribution < -0.4 is 5.32 Å². The highest BCUT2D eigenvalue weighted by molar-refractivity contribution is 5.63. The maximum atomic E-state index is 13.4. The number of methoxy groups -OCH3 is 1. The van der Waals surface area contributed by atoms with E-state index < -0.39 is 0 Å². The standard InChI is InChI=1S/C16H20FN3O/c1-4-7-18-15-9-14(19-16(20-15)10-21-3)12-5-6-13(17)11(2)8-12/h5-6,8-9H,4,7,10H2,1-3H3,(H,18,19,20). The van der Waals surface area contributed by atoms with E-state index in [1.165, 1.54) is 6.07 Å². The molecule has 4 nitrogen and oxygen atoms in total. The molecule has 1 aromatic heterocycles. The van der Waals surface area contributed by atoms with Gasteiger partial charge in [-0.05, 0) is 37.1 Å². The van der Waals surface area contributed by atoms with Crippen molar-refractivity contribution in [2.24, 2.45) is 0 Å². The number of hydrogen-bond acceptors (Lipinski definition) is 4. The molecule has 1 aromatic carbocycles. The SMILES string of the molecule is CCCNc1cc(-c2ccc(F)c(C)c2)nc(COC)n1. The first kappa shape index (κ1) is 15.4. The van der Waals surface area contributed by atoms with Crippen molar-refractivity contribution in [3.05, 3.63) is 41.5 Å². The fourth-order valence-electron chi connectivity index (χ4n) is 1.99. The molecule has 0 radical (unpaired) electrons. The summed E-state index contributed by atoms with van der Waals surface area (Å²) in [6.07, 6.45) is 1.01. The Balaban J connectivity index is 2.40. The lowest BCUT2D eigenvalue weighted by Gasteiger charge is -2.10. The smallest absolute Gasteiger partial charge is 0.157 e. The Morgan fingerprint density at radius 2 is 2.05 bits per heavy atom. The van der Waals surface area contributed by atoms with Gasteiger partial charge >= 0.3 is 0 Å². The highest BCUT2D eigenvalue weighted by Crippen LogP contribution is 2.22. The zero-order chi connectivity index (χ0) is 15.2. The van der Waals surface area contributed by atoms with E-state index in [0.29, 0.717) is 18.0 Å². The Hall–Kier alpha value is -2.01. The third-order valence-corrected chi connectivity index (χ3v) is 3.06. The minimum Gasteiger partial charge on any atom is -0.377 e. The fraction of sp³-hybridized carbons (Fsp3) is 0.375. The molecule has 0 amide bonds. The summed E-state index contributed by atoms with van der Waals surface area (Å²) in [4.78, 5) is 8.88. The van der Waals surface area contributed by atoms with Crippen LogP contribution in [0.1, 0.15) is 24.7 Å². The lowest BCUT2D eigenvalue weighted by atomic mass is 10.1. The molecule has 0 unspecified atom stereocenters. The van der Waals surface area contributed by atoms with Gasteiger partial charge in [0.1, 0.15) is 18.2 Å². The van der Waals surface area contributed by atoms with Crippen LogP contribution in [-0.2, 0) is 11.3 Å². The van der Waals surface area contributed by atoms with Crippen molar-refractivity contribution in [1.29, 1.82) is 0 Å². The van der Waals surface area contributed by atoms with Crippen molar-refractivity contribution in [2.45, 2.75) is 26.9 Å². The first-order valence-corrected chi connectivity index (χ1v) is 7.01. The third-order valence-electron chi connectivity index (χ3n) is 3.06. The van der Waals surface area contributed by atoms with Crippen molar-refractivity contribution in [3.8, 4) is 11.3 Å². The highest BCUT2D eigenvalue weighted by Gasteiger charge is 2.08. The molecule has 0 spiro atoms. The van der Waals surface area contributed by atoms with Crippen LogP contribution in [0.3, 0.4) is 0 Å².